The normalized spacial score (nSPS) is 18.5. The molecular weight excluding hydrogens is 294 g/mol. The van der Waals surface area contributed by atoms with Crippen LogP contribution in [0.5, 0.6) is 0 Å². The molecule has 0 saturated carbocycles. The number of aliphatic hydroxyl groups is 1. The van der Waals surface area contributed by atoms with Gasteiger partial charge in [-0.1, -0.05) is 62.9 Å². The molecule has 1 aromatic carbocycles. The van der Waals surface area contributed by atoms with Crippen LogP contribution in [0.2, 0.25) is 0 Å². The summed E-state index contributed by atoms with van der Waals surface area (Å²) in [6.07, 6.45) is 9.28. The molecule has 0 amide bonds. The number of halogens is 1. The van der Waals surface area contributed by atoms with E-state index in [1.165, 1.54) is 45.2 Å². The lowest BCUT2D eigenvalue weighted by Crippen LogP contribution is -3.00. The highest BCUT2D eigenvalue weighted by Gasteiger charge is 2.29. The van der Waals surface area contributed by atoms with Gasteiger partial charge < -0.3 is 22.4 Å². The molecule has 2 nitrogen and oxygen atoms in total. The van der Waals surface area contributed by atoms with Crippen molar-refractivity contribution in [3.8, 4) is 0 Å². The summed E-state index contributed by atoms with van der Waals surface area (Å²) in [4.78, 5) is 2.53. The molecule has 1 heterocycles. The third-order valence-electron chi connectivity index (χ3n) is 4.80. The SMILES string of the molecule is CCCCCC(O)(CCN1CCCCC1)c1ccccc1.[Cl-]. The van der Waals surface area contributed by atoms with E-state index < -0.39 is 5.60 Å². The fourth-order valence-corrected chi connectivity index (χ4v) is 3.36. The Labute approximate surface area is 142 Å². The topological polar surface area (TPSA) is 23.5 Å². The predicted octanol–water partition coefficient (Wildman–Crippen LogP) is 1.33. The minimum Gasteiger partial charge on any atom is -1.00 e. The Kier molecular flexibility index (Phi) is 9.08. The Bertz CT molecular complexity index is 392. The first-order valence-corrected chi connectivity index (χ1v) is 8.75. The second-order valence-electron chi connectivity index (χ2n) is 6.51. The van der Waals surface area contributed by atoms with Gasteiger partial charge in [-0.15, -0.1) is 0 Å². The summed E-state index contributed by atoms with van der Waals surface area (Å²) in [5.41, 5.74) is 0.451. The third-order valence-corrected chi connectivity index (χ3v) is 4.80. The minimum atomic E-state index is -0.645. The van der Waals surface area contributed by atoms with E-state index in [9.17, 15) is 5.11 Å². The molecule has 0 bridgehead atoms. The number of hydrogen-bond acceptors (Lipinski definition) is 2. The van der Waals surface area contributed by atoms with E-state index in [0.29, 0.717) is 0 Å². The molecule has 0 aliphatic carbocycles. The Morgan fingerprint density at radius 1 is 1.00 bits per heavy atom. The van der Waals surface area contributed by atoms with Gasteiger partial charge in [0.1, 0.15) is 0 Å². The summed E-state index contributed by atoms with van der Waals surface area (Å²) in [6.45, 7) is 5.66. The van der Waals surface area contributed by atoms with Crippen LogP contribution in [0.1, 0.15) is 63.9 Å². The number of unbranched alkanes of at least 4 members (excludes halogenated alkanes) is 2. The van der Waals surface area contributed by atoms with Crippen molar-refractivity contribution in [1.82, 2.24) is 4.90 Å². The van der Waals surface area contributed by atoms with Crippen molar-refractivity contribution in [2.75, 3.05) is 19.6 Å². The van der Waals surface area contributed by atoms with Gasteiger partial charge in [0.25, 0.3) is 0 Å². The van der Waals surface area contributed by atoms with Crippen LogP contribution >= 0.6 is 0 Å². The quantitative estimate of drug-likeness (QED) is 0.729. The third kappa shape index (κ3) is 5.91. The molecule has 2 rings (SSSR count). The fraction of sp³-hybridized carbons (Fsp3) is 0.684. The lowest BCUT2D eigenvalue weighted by atomic mass is 9.85. The predicted molar refractivity (Wildman–Crippen MR) is 89.4 cm³/mol. The molecule has 1 N–H and O–H groups in total. The van der Waals surface area contributed by atoms with E-state index in [2.05, 4.69) is 24.0 Å². The zero-order valence-corrected chi connectivity index (χ0v) is 14.7. The summed E-state index contributed by atoms with van der Waals surface area (Å²) < 4.78 is 0. The van der Waals surface area contributed by atoms with Gasteiger partial charge in [-0.2, -0.15) is 0 Å². The molecule has 22 heavy (non-hydrogen) atoms. The van der Waals surface area contributed by atoms with E-state index in [-0.39, 0.29) is 12.4 Å². The molecule has 1 unspecified atom stereocenters. The maximum Gasteiger partial charge on any atom is 0.0908 e. The Morgan fingerprint density at radius 3 is 2.32 bits per heavy atom. The fourth-order valence-electron chi connectivity index (χ4n) is 3.36. The highest BCUT2D eigenvalue weighted by molar-refractivity contribution is 5.22. The number of piperidine rings is 1. The summed E-state index contributed by atoms with van der Waals surface area (Å²) in [5.74, 6) is 0. The van der Waals surface area contributed by atoms with Gasteiger partial charge in [0.2, 0.25) is 0 Å². The van der Waals surface area contributed by atoms with Crippen molar-refractivity contribution < 1.29 is 17.5 Å². The zero-order valence-electron chi connectivity index (χ0n) is 13.9. The van der Waals surface area contributed by atoms with Crippen LogP contribution in [0.4, 0.5) is 0 Å². The highest BCUT2D eigenvalue weighted by Crippen LogP contribution is 2.31. The molecular formula is C19H31ClNO-. The molecule has 1 aliphatic rings. The van der Waals surface area contributed by atoms with E-state index in [1.807, 2.05) is 18.2 Å². The smallest absolute Gasteiger partial charge is 0.0908 e. The van der Waals surface area contributed by atoms with Crippen molar-refractivity contribution in [3.05, 3.63) is 35.9 Å². The summed E-state index contributed by atoms with van der Waals surface area (Å²) in [7, 11) is 0. The maximum atomic E-state index is 11.2. The average Bonchev–Trinajstić information content (AvgIpc) is 2.55. The van der Waals surface area contributed by atoms with E-state index >= 15 is 0 Å². The second kappa shape index (κ2) is 10.3. The van der Waals surface area contributed by atoms with Gasteiger partial charge in [-0.05, 0) is 44.3 Å². The van der Waals surface area contributed by atoms with Crippen LogP contribution < -0.4 is 12.4 Å². The van der Waals surface area contributed by atoms with Crippen LogP contribution in [0.3, 0.4) is 0 Å². The zero-order chi connectivity index (χ0) is 15.0. The van der Waals surface area contributed by atoms with Gasteiger partial charge in [0, 0.05) is 6.54 Å². The second-order valence-corrected chi connectivity index (χ2v) is 6.51. The van der Waals surface area contributed by atoms with Crippen LogP contribution in [-0.4, -0.2) is 29.6 Å². The van der Waals surface area contributed by atoms with Gasteiger partial charge in [0.05, 0.1) is 5.60 Å². The molecule has 1 aliphatic heterocycles. The van der Waals surface area contributed by atoms with E-state index in [0.717, 1.165) is 31.4 Å². The molecule has 126 valence electrons. The first-order valence-electron chi connectivity index (χ1n) is 8.75. The van der Waals surface area contributed by atoms with Gasteiger partial charge in [-0.25, -0.2) is 0 Å². The van der Waals surface area contributed by atoms with Crippen LogP contribution in [0, 0.1) is 0 Å². The van der Waals surface area contributed by atoms with Crippen LogP contribution in [0.25, 0.3) is 0 Å². The Hall–Kier alpha value is -0.570. The van der Waals surface area contributed by atoms with Gasteiger partial charge in [-0.3, -0.25) is 0 Å². The lowest BCUT2D eigenvalue weighted by Gasteiger charge is -2.33. The molecule has 0 spiro atoms. The van der Waals surface area contributed by atoms with Crippen molar-refractivity contribution in [2.24, 2.45) is 0 Å². The number of likely N-dealkylation sites (tertiary alicyclic amines) is 1. The standard InChI is InChI=1S/C19H31NO.ClH/c1-2-3-8-13-19(21,18-11-6-4-7-12-18)14-17-20-15-9-5-10-16-20;/h4,6-7,11-12,21H,2-3,5,8-10,13-17H2,1H3;1H/p-1. The minimum absolute atomic E-state index is 0. The highest BCUT2D eigenvalue weighted by atomic mass is 35.5. The van der Waals surface area contributed by atoms with Crippen LogP contribution in [0.15, 0.2) is 30.3 Å². The van der Waals surface area contributed by atoms with Crippen molar-refractivity contribution in [1.29, 1.82) is 0 Å². The largest absolute Gasteiger partial charge is 1.00 e. The van der Waals surface area contributed by atoms with Crippen molar-refractivity contribution >= 4 is 0 Å². The first kappa shape index (κ1) is 19.5. The van der Waals surface area contributed by atoms with Gasteiger partial charge >= 0.3 is 0 Å². The Balaban J connectivity index is 0.00000242. The number of benzene rings is 1. The van der Waals surface area contributed by atoms with Crippen molar-refractivity contribution in [2.45, 2.75) is 63.9 Å². The molecule has 1 atom stereocenters. The number of hydrogen-bond donors (Lipinski definition) is 1. The first-order chi connectivity index (χ1) is 10.2. The number of rotatable bonds is 8. The molecule has 0 radical (unpaired) electrons. The summed E-state index contributed by atoms with van der Waals surface area (Å²) in [6, 6.07) is 10.3. The molecule has 1 saturated heterocycles. The molecule has 3 heteroatoms. The summed E-state index contributed by atoms with van der Waals surface area (Å²) in [5, 5.41) is 11.2. The van der Waals surface area contributed by atoms with E-state index in [1.54, 1.807) is 0 Å². The molecule has 1 fully saturated rings. The Morgan fingerprint density at radius 2 is 1.68 bits per heavy atom. The molecule has 0 aromatic heterocycles. The monoisotopic (exact) mass is 324 g/mol. The van der Waals surface area contributed by atoms with E-state index in [4.69, 9.17) is 0 Å². The number of nitrogens with zero attached hydrogens (tertiary/aromatic N) is 1. The van der Waals surface area contributed by atoms with Crippen LogP contribution in [-0.2, 0) is 5.60 Å². The van der Waals surface area contributed by atoms with Gasteiger partial charge in [0.15, 0.2) is 0 Å². The lowest BCUT2D eigenvalue weighted by molar-refractivity contribution is -0.0000732. The maximum absolute atomic E-state index is 11.2. The molecule has 1 aromatic rings. The average molecular weight is 325 g/mol. The van der Waals surface area contributed by atoms with Crippen molar-refractivity contribution in [3.63, 3.8) is 0 Å². The summed E-state index contributed by atoms with van der Waals surface area (Å²) >= 11 is 0.